The molecule has 0 aromatic heterocycles. The molecule has 0 aliphatic carbocycles. The molecular weight excluding hydrogens is 572 g/mol. The maximum Gasteiger partial charge on any atom is 0.306 e. The van der Waals surface area contributed by atoms with E-state index in [1.165, 1.54) is 7.11 Å². The summed E-state index contributed by atoms with van der Waals surface area (Å²) in [6, 6.07) is 10.9. The predicted octanol–water partition coefficient (Wildman–Crippen LogP) is 6.05. The lowest BCUT2D eigenvalue weighted by molar-refractivity contribution is -0.144. The van der Waals surface area contributed by atoms with Crippen molar-refractivity contribution >= 4 is 35.1 Å². The average molecular weight is 617 g/mol. The molecule has 2 aromatic carbocycles. The van der Waals surface area contributed by atoms with Crippen LogP contribution in [0.3, 0.4) is 0 Å². The highest BCUT2D eigenvalue weighted by molar-refractivity contribution is 6.31. The van der Waals surface area contributed by atoms with Crippen molar-refractivity contribution in [3.05, 3.63) is 52.5 Å². The number of esters is 1. The number of nitrogens with zero attached hydrogens (tertiary/aromatic N) is 2. The number of halogens is 1. The molecular formula is C33H45ClN2O7. The first-order valence-electron chi connectivity index (χ1n) is 14.7. The molecule has 0 spiro atoms. The van der Waals surface area contributed by atoms with Crippen molar-refractivity contribution in [3.63, 3.8) is 0 Å². The van der Waals surface area contributed by atoms with E-state index in [0.717, 1.165) is 5.56 Å². The second kappa shape index (κ2) is 15.4. The number of methoxy groups -OCH3 is 3. The van der Waals surface area contributed by atoms with Gasteiger partial charge in [-0.2, -0.15) is 0 Å². The number of likely N-dealkylation sites (tertiary alicyclic amines) is 1. The lowest BCUT2D eigenvalue weighted by atomic mass is 9.92. The van der Waals surface area contributed by atoms with E-state index >= 15 is 0 Å². The van der Waals surface area contributed by atoms with Gasteiger partial charge in [0, 0.05) is 55.4 Å². The van der Waals surface area contributed by atoms with Crippen LogP contribution in [0.2, 0.25) is 5.02 Å². The highest BCUT2D eigenvalue weighted by atomic mass is 35.5. The van der Waals surface area contributed by atoms with Crippen molar-refractivity contribution in [3.8, 4) is 11.5 Å². The van der Waals surface area contributed by atoms with E-state index in [4.69, 9.17) is 30.5 Å². The molecule has 1 aliphatic rings. The number of anilines is 1. The van der Waals surface area contributed by atoms with E-state index in [-0.39, 0.29) is 35.5 Å². The second-order valence-electron chi connectivity index (χ2n) is 12.0. The molecule has 2 aromatic rings. The number of hydrogen-bond acceptors (Lipinski definition) is 7. The fourth-order valence-electron chi connectivity index (χ4n) is 5.49. The fourth-order valence-corrected chi connectivity index (χ4v) is 5.70. The molecule has 236 valence electrons. The van der Waals surface area contributed by atoms with Crippen molar-refractivity contribution in [2.45, 2.75) is 59.5 Å². The standard InChI is InChI=1S/C33H45ClN2O7/c1-8-43-30(39)17-22-13-15-35(16-14-22)28(37)20-29(38)36(21-33(2,3)4)31-25(18-23(34)19-27(31)41-6)32(42-7)24-11-9-10-12-26(24)40-5/h9-12,18-19,22,32H,8,13-17,20-21H2,1-7H3. The number of hydrogen-bond donors (Lipinski definition) is 0. The predicted molar refractivity (Wildman–Crippen MR) is 167 cm³/mol. The number of rotatable bonds is 12. The van der Waals surface area contributed by atoms with Crippen molar-refractivity contribution in [1.29, 1.82) is 0 Å². The van der Waals surface area contributed by atoms with Gasteiger partial charge in [-0.15, -0.1) is 0 Å². The second-order valence-corrected chi connectivity index (χ2v) is 12.4. The zero-order chi connectivity index (χ0) is 31.7. The van der Waals surface area contributed by atoms with Gasteiger partial charge in [0.25, 0.3) is 0 Å². The summed E-state index contributed by atoms with van der Waals surface area (Å²) in [6.45, 7) is 9.52. The van der Waals surface area contributed by atoms with Gasteiger partial charge in [0.15, 0.2) is 0 Å². The minimum atomic E-state index is -0.650. The summed E-state index contributed by atoms with van der Waals surface area (Å²) in [5, 5.41) is 0.414. The normalized spacial score (nSPS) is 14.7. The van der Waals surface area contributed by atoms with Crippen LogP contribution in [0.15, 0.2) is 36.4 Å². The van der Waals surface area contributed by atoms with E-state index < -0.39 is 6.10 Å². The topological polar surface area (TPSA) is 94.6 Å². The first-order valence-corrected chi connectivity index (χ1v) is 15.1. The van der Waals surface area contributed by atoms with E-state index in [9.17, 15) is 14.4 Å². The van der Waals surface area contributed by atoms with Gasteiger partial charge in [-0.25, -0.2) is 0 Å². The summed E-state index contributed by atoms with van der Waals surface area (Å²) >= 11 is 6.57. The van der Waals surface area contributed by atoms with Crippen molar-refractivity contribution in [1.82, 2.24) is 4.90 Å². The molecule has 0 radical (unpaired) electrons. The van der Waals surface area contributed by atoms with Crippen molar-refractivity contribution < 1.29 is 33.3 Å². The lowest BCUT2D eigenvalue weighted by Crippen LogP contribution is -2.44. The average Bonchev–Trinajstić information content (AvgIpc) is 2.96. The largest absolute Gasteiger partial charge is 0.496 e. The number of carbonyl (C=O) groups excluding carboxylic acids is 3. The molecule has 1 atom stereocenters. The lowest BCUT2D eigenvalue weighted by Gasteiger charge is -2.35. The van der Waals surface area contributed by atoms with E-state index in [1.54, 1.807) is 43.1 Å². The molecule has 0 saturated carbocycles. The van der Waals surface area contributed by atoms with E-state index in [2.05, 4.69) is 0 Å². The SMILES string of the molecule is CCOC(=O)CC1CCN(C(=O)CC(=O)N(CC(C)(C)C)c2c(OC)cc(Cl)cc2C(OC)c2ccccc2OC)CC1. The van der Waals surface area contributed by atoms with Crippen LogP contribution in [0, 0.1) is 11.3 Å². The number of para-hydroxylation sites is 1. The quantitative estimate of drug-likeness (QED) is 0.211. The Morgan fingerprint density at radius 2 is 1.65 bits per heavy atom. The molecule has 0 N–H and O–H groups in total. The minimum Gasteiger partial charge on any atom is -0.496 e. The summed E-state index contributed by atoms with van der Waals surface area (Å²) in [5.41, 5.74) is 1.54. The Morgan fingerprint density at radius 3 is 2.23 bits per heavy atom. The van der Waals surface area contributed by atoms with Crippen LogP contribution in [-0.4, -0.2) is 70.3 Å². The monoisotopic (exact) mass is 616 g/mol. The Bertz CT molecular complexity index is 1270. The summed E-state index contributed by atoms with van der Waals surface area (Å²) in [6.07, 6.45) is 0.765. The molecule has 9 nitrogen and oxygen atoms in total. The molecule has 1 fully saturated rings. The van der Waals surface area contributed by atoms with Crippen LogP contribution in [0.5, 0.6) is 11.5 Å². The fraction of sp³-hybridized carbons (Fsp3) is 0.545. The van der Waals surface area contributed by atoms with Crippen LogP contribution >= 0.6 is 11.6 Å². The molecule has 1 aliphatic heterocycles. The minimum absolute atomic E-state index is 0.165. The third kappa shape index (κ3) is 9.10. The molecule has 10 heteroatoms. The Hall–Kier alpha value is -3.30. The maximum absolute atomic E-state index is 14.1. The molecule has 0 bridgehead atoms. The van der Waals surface area contributed by atoms with Crippen LogP contribution in [0.1, 0.15) is 70.6 Å². The van der Waals surface area contributed by atoms with Gasteiger partial charge in [-0.3, -0.25) is 14.4 Å². The Kier molecular flexibility index (Phi) is 12.3. The smallest absolute Gasteiger partial charge is 0.306 e. The number of piperidine rings is 1. The van der Waals surface area contributed by atoms with Gasteiger partial charge in [0.1, 0.15) is 24.0 Å². The zero-order valence-electron chi connectivity index (χ0n) is 26.4. The van der Waals surface area contributed by atoms with Crippen LogP contribution in [0.4, 0.5) is 5.69 Å². The van der Waals surface area contributed by atoms with E-state index in [0.29, 0.717) is 73.3 Å². The first-order chi connectivity index (χ1) is 20.4. The highest BCUT2D eigenvalue weighted by Gasteiger charge is 2.34. The molecule has 1 saturated heterocycles. The number of amides is 2. The number of carbonyl (C=O) groups is 3. The van der Waals surface area contributed by atoms with Crippen LogP contribution in [0.25, 0.3) is 0 Å². The molecule has 2 amide bonds. The number of ether oxygens (including phenoxy) is 4. The van der Waals surface area contributed by atoms with Gasteiger partial charge in [-0.05, 0) is 43.2 Å². The third-order valence-electron chi connectivity index (χ3n) is 7.46. The summed E-state index contributed by atoms with van der Waals surface area (Å²) in [4.78, 5) is 42.8. The van der Waals surface area contributed by atoms with Gasteiger partial charge in [-0.1, -0.05) is 50.6 Å². The summed E-state index contributed by atoms with van der Waals surface area (Å²) < 4.78 is 22.5. The zero-order valence-corrected chi connectivity index (χ0v) is 27.2. The molecule has 1 unspecified atom stereocenters. The van der Waals surface area contributed by atoms with Gasteiger partial charge in [0.2, 0.25) is 11.8 Å². The summed E-state index contributed by atoms with van der Waals surface area (Å²) in [5.74, 6) is 0.360. The Balaban J connectivity index is 1.96. The maximum atomic E-state index is 14.1. The molecule has 1 heterocycles. The van der Waals surface area contributed by atoms with Gasteiger partial charge >= 0.3 is 5.97 Å². The van der Waals surface area contributed by atoms with Gasteiger partial charge in [0.05, 0.1) is 26.5 Å². The highest BCUT2D eigenvalue weighted by Crippen LogP contribution is 2.44. The molecule has 43 heavy (non-hydrogen) atoms. The van der Waals surface area contributed by atoms with E-state index in [1.807, 2.05) is 45.0 Å². The van der Waals surface area contributed by atoms with Gasteiger partial charge < -0.3 is 28.7 Å². The third-order valence-corrected chi connectivity index (χ3v) is 7.68. The van der Waals surface area contributed by atoms with Crippen molar-refractivity contribution in [2.24, 2.45) is 11.3 Å². The van der Waals surface area contributed by atoms with Crippen LogP contribution < -0.4 is 14.4 Å². The number of benzene rings is 2. The Morgan fingerprint density at radius 1 is 1.00 bits per heavy atom. The molecule has 3 rings (SSSR count). The first kappa shape index (κ1) is 34.2. The summed E-state index contributed by atoms with van der Waals surface area (Å²) in [7, 11) is 4.69. The Labute approximate surface area is 260 Å². The van der Waals surface area contributed by atoms with Crippen molar-refractivity contribution in [2.75, 3.05) is 52.5 Å². The van der Waals surface area contributed by atoms with Crippen LogP contribution in [-0.2, 0) is 23.9 Å².